The fraction of sp³-hybridized carbons (Fsp3) is 0.154. The summed E-state index contributed by atoms with van der Waals surface area (Å²) >= 11 is 0. The van der Waals surface area contributed by atoms with Gasteiger partial charge in [-0.25, -0.2) is 0 Å². The maximum Gasteiger partial charge on any atom is 0.0958 e. The molecule has 0 aliphatic carbocycles. The van der Waals surface area contributed by atoms with Crippen molar-refractivity contribution in [1.29, 1.82) is 0 Å². The molecule has 2 rings (SSSR count). The second kappa shape index (κ2) is 4.13. The SMILES string of the molecule is C=Cc1[nH]nc(-c2ccccc2)c1CC. The van der Waals surface area contributed by atoms with Crippen molar-refractivity contribution in [3.63, 3.8) is 0 Å². The predicted octanol–water partition coefficient (Wildman–Crippen LogP) is 3.28. The number of nitrogens with zero attached hydrogens (tertiary/aromatic N) is 1. The third-order valence-corrected chi connectivity index (χ3v) is 2.50. The molecule has 0 radical (unpaired) electrons. The molecule has 0 amide bonds. The van der Waals surface area contributed by atoms with Gasteiger partial charge in [-0.2, -0.15) is 5.10 Å². The van der Waals surface area contributed by atoms with E-state index in [9.17, 15) is 0 Å². The molecule has 0 spiro atoms. The van der Waals surface area contributed by atoms with Crippen LogP contribution in [0.3, 0.4) is 0 Å². The van der Waals surface area contributed by atoms with Crippen LogP contribution in [0.2, 0.25) is 0 Å². The molecule has 76 valence electrons. The number of H-pyrrole nitrogens is 1. The van der Waals surface area contributed by atoms with Gasteiger partial charge in [-0.3, -0.25) is 5.10 Å². The molecule has 2 heteroatoms. The standard InChI is InChI=1S/C13H14N2/c1-3-11-12(4-2)14-15-13(11)10-8-6-5-7-9-10/h4-9H,2-3H2,1H3,(H,14,15). The van der Waals surface area contributed by atoms with Crippen molar-refractivity contribution < 1.29 is 0 Å². The first-order valence-electron chi connectivity index (χ1n) is 5.12. The van der Waals surface area contributed by atoms with Crippen molar-refractivity contribution in [2.45, 2.75) is 13.3 Å². The van der Waals surface area contributed by atoms with Gasteiger partial charge in [0.25, 0.3) is 0 Å². The minimum absolute atomic E-state index is 0.960. The molecule has 0 fully saturated rings. The zero-order valence-corrected chi connectivity index (χ0v) is 8.83. The van der Waals surface area contributed by atoms with Gasteiger partial charge >= 0.3 is 0 Å². The van der Waals surface area contributed by atoms with Gasteiger partial charge in [0.15, 0.2) is 0 Å². The monoisotopic (exact) mass is 198 g/mol. The van der Waals surface area contributed by atoms with Crippen molar-refractivity contribution in [2.75, 3.05) is 0 Å². The lowest BCUT2D eigenvalue weighted by Crippen LogP contribution is -1.85. The summed E-state index contributed by atoms with van der Waals surface area (Å²) in [5, 5.41) is 7.34. The van der Waals surface area contributed by atoms with Crippen LogP contribution in [0.5, 0.6) is 0 Å². The van der Waals surface area contributed by atoms with Crippen LogP contribution in [0.4, 0.5) is 0 Å². The Hall–Kier alpha value is -1.83. The number of hydrogen-bond acceptors (Lipinski definition) is 1. The highest BCUT2D eigenvalue weighted by molar-refractivity contribution is 5.67. The van der Waals surface area contributed by atoms with E-state index >= 15 is 0 Å². The zero-order chi connectivity index (χ0) is 10.7. The van der Waals surface area contributed by atoms with Crippen molar-refractivity contribution >= 4 is 6.08 Å². The largest absolute Gasteiger partial charge is 0.278 e. The molecule has 2 aromatic rings. The third-order valence-electron chi connectivity index (χ3n) is 2.50. The highest BCUT2D eigenvalue weighted by Crippen LogP contribution is 2.24. The first kappa shape index (κ1) is 9.71. The van der Waals surface area contributed by atoms with E-state index in [1.807, 2.05) is 24.3 Å². The normalized spacial score (nSPS) is 10.2. The highest BCUT2D eigenvalue weighted by Gasteiger charge is 2.10. The molecule has 1 heterocycles. The lowest BCUT2D eigenvalue weighted by molar-refractivity contribution is 1.08. The molecule has 0 aliphatic rings. The number of benzene rings is 1. The van der Waals surface area contributed by atoms with Crippen LogP contribution >= 0.6 is 0 Å². The van der Waals surface area contributed by atoms with E-state index in [0.717, 1.165) is 23.4 Å². The van der Waals surface area contributed by atoms with Gasteiger partial charge < -0.3 is 0 Å². The number of aromatic nitrogens is 2. The summed E-state index contributed by atoms with van der Waals surface area (Å²) in [7, 11) is 0. The molecular weight excluding hydrogens is 184 g/mol. The average Bonchev–Trinajstić information content (AvgIpc) is 2.72. The molecule has 0 saturated heterocycles. The third kappa shape index (κ3) is 1.71. The van der Waals surface area contributed by atoms with E-state index in [4.69, 9.17) is 0 Å². The molecule has 0 saturated carbocycles. The van der Waals surface area contributed by atoms with Gasteiger partial charge in [-0.1, -0.05) is 43.8 Å². The smallest absolute Gasteiger partial charge is 0.0958 e. The number of hydrogen-bond donors (Lipinski definition) is 1. The van der Waals surface area contributed by atoms with E-state index in [-0.39, 0.29) is 0 Å². The number of nitrogens with one attached hydrogen (secondary N) is 1. The van der Waals surface area contributed by atoms with Crippen molar-refractivity contribution in [2.24, 2.45) is 0 Å². The lowest BCUT2D eigenvalue weighted by Gasteiger charge is -2.00. The van der Waals surface area contributed by atoms with Crippen LogP contribution in [0.25, 0.3) is 17.3 Å². The van der Waals surface area contributed by atoms with E-state index in [1.54, 1.807) is 0 Å². The fourth-order valence-electron chi connectivity index (χ4n) is 1.74. The average molecular weight is 198 g/mol. The van der Waals surface area contributed by atoms with E-state index in [0.29, 0.717) is 0 Å². The van der Waals surface area contributed by atoms with Gasteiger partial charge in [0.05, 0.1) is 11.4 Å². The van der Waals surface area contributed by atoms with Gasteiger partial charge in [0, 0.05) is 11.1 Å². The summed E-state index contributed by atoms with van der Waals surface area (Å²) in [6, 6.07) is 10.2. The van der Waals surface area contributed by atoms with Crippen LogP contribution in [0, 0.1) is 0 Å². The summed E-state index contributed by atoms with van der Waals surface area (Å²) in [4.78, 5) is 0. The maximum absolute atomic E-state index is 4.33. The summed E-state index contributed by atoms with van der Waals surface area (Å²) in [6.45, 7) is 5.90. The molecule has 0 unspecified atom stereocenters. The lowest BCUT2D eigenvalue weighted by atomic mass is 10.0. The topological polar surface area (TPSA) is 28.7 Å². The van der Waals surface area contributed by atoms with Crippen LogP contribution in [-0.4, -0.2) is 10.2 Å². The Morgan fingerprint density at radius 1 is 1.33 bits per heavy atom. The quantitative estimate of drug-likeness (QED) is 0.805. The molecule has 15 heavy (non-hydrogen) atoms. The summed E-state index contributed by atoms with van der Waals surface area (Å²) < 4.78 is 0. The zero-order valence-electron chi connectivity index (χ0n) is 8.83. The van der Waals surface area contributed by atoms with Crippen LogP contribution < -0.4 is 0 Å². The molecule has 1 N–H and O–H groups in total. The molecule has 0 bridgehead atoms. The fourth-order valence-corrected chi connectivity index (χ4v) is 1.74. The van der Waals surface area contributed by atoms with Gasteiger partial charge in [-0.15, -0.1) is 0 Å². The summed E-state index contributed by atoms with van der Waals surface area (Å²) in [5.41, 5.74) is 4.44. The van der Waals surface area contributed by atoms with Crippen molar-refractivity contribution in [3.8, 4) is 11.3 Å². The Morgan fingerprint density at radius 3 is 2.67 bits per heavy atom. The predicted molar refractivity (Wildman–Crippen MR) is 63.5 cm³/mol. The summed E-state index contributed by atoms with van der Waals surface area (Å²) in [5.74, 6) is 0. The maximum atomic E-state index is 4.33. The van der Waals surface area contributed by atoms with E-state index < -0.39 is 0 Å². The number of rotatable bonds is 3. The van der Waals surface area contributed by atoms with E-state index in [1.165, 1.54) is 5.56 Å². The minimum Gasteiger partial charge on any atom is -0.278 e. The van der Waals surface area contributed by atoms with Crippen molar-refractivity contribution in [3.05, 3.63) is 48.2 Å². The second-order valence-electron chi connectivity index (χ2n) is 3.39. The Balaban J connectivity index is 2.54. The Labute approximate surface area is 89.7 Å². The van der Waals surface area contributed by atoms with Crippen LogP contribution in [0.1, 0.15) is 18.2 Å². The highest BCUT2D eigenvalue weighted by atomic mass is 15.1. The number of aromatic amines is 1. The van der Waals surface area contributed by atoms with Gasteiger partial charge in [-0.05, 0) is 12.5 Å². The molecule has 1 aromatic heterocycles. The van der Waals surface area contributed by atoms with Crippen LogP contribution in [0.15, 0.2) is 36.9 Å². The molecule has 0 atom stereocenters. The molecule has 2 nitrogen and oxygen atoms in total. The molecule has 1 aromatic carbocycles. The minimum atomic E-state index is 0.960. The first-order chi connectivity index (χ1) is 7.36. The first-order valence-corrected chi connectivity index (χ1v) is 5.12. The Kier molecular flexibility index (Phi) is 2.68. The van der Waals surface area contributed by atoms with Gasteiger partial charge in [0.1, 0.15) is 0 Å². The Morgan fingerprint density at radius 2 is 2.07 bits per heavy atom. The van der Waals surface area contributed by atoms with Crippen LogP contribution in [-0.2, 0) is 6.42 Å². The van der Waals surface area contributed by atoms with Gasteiger partial charge in [0.2, 0.25) is 0 Å². The molecular formula is C13H14N2. The molecule has 0 aliphatic heterocycles. The van der Waals surface area contributed by atoms with Crippen molar-refractivity contribution in [1.82, 2.24) is 10.2 Å². The summed E-state index contributed by atoms with van der Waals surface area (Å²) in [6.07, 6.45) is 2.78. The second-order valence-corrected chi connectivity index (χ2v) is 3.39. The Bertz CT molecular complexity index is 455. The van der Waals surface area contributed by atoms with E-state index in [2.05, 4.69) is 35.8 Å².